The Bertz CT molecular complexity index is 448. The average Bonchev–Trinajstić information content (AvgIpc) is 2.69. The molecule has 3 heteroatoms. The van der Waals surface area contributed by atoms with Gasteiger partial charge in [-0.2, -0.15) is 0 Å². The second kappa shape index (κ2) is 4.51. The van der Waals surface area contributed by atoms with Gasteiger partial charge < -0.3 is 10.3 Å². The van der Waals surface area contributed by atoms with E-state index >= 15 is 0 Å². The van der Waals surface area contributed by atoms with Gasteiger partial charge in [0.2, 0.25) is 0 Å². The largest absolute Gasteiger partial charge is 0.350 e. The van der Waals surface area contributed by atoms with Gasteiger partial charge in [-0.3, -0.25) is 0 Å². The molecule has 1 heterocycles. The van der Waals surface area contributed by atoms with E-state index in [1.165, 1.54) is 0 Å². The van der Waals surface area contributed by atoms with Crippen LogP contribution in [0.2, 0.25) is 5.02 Å². The first-order valence-corrected chi connectivity index (χ1v) is 5.25. The van der Waals surface area contributed by atoms with Crippen LogP contribution in [0.25, 0.3) is 0 Å². The smallest absolute Gasteiger partial charge is 0.0485 e. The van der Waals surface area contributed by atoms with Crippen molar-refractivity contribution in [3.8, 4) is 0 Å². The van der Waals surface area contributed by atoms with Gasteiger partial charge >= 0.3 is 0 Å². The SMILES string of the molecule is NCc1ccn(Cc2ccccc2Cl)c1. The summed E-state index contributed by atoms with van der Waals surface area (Å²) in [6.07, 6.45) is 4.06. The van der Waals surface area contributed by atoms with Gasteiger partial charge in [0.25, 0.3) is 0 Å². The topological polar surface area (TPSA) is 30.9 Å². The van der Waals surface area contributed by atoms with Crippen LogP contribution in [0.5, 0.6) is 0 Å². The molecule has 0 atom stereocenters. The number of nitrogens with two attached hydrogens (primary N) is 1. The molecule has 0 spiro atoms. The van der Waals surface area contributed by atoms with Crippen LogP contribution in [0.3, 0.4) is 0 Å². The van der Waals surface area contributed by atoms with E-state index in [0.717, 1.165) is 22.7 Å². The van der Waals surface area contributed by atoms with Crippen LogP contribution in [0, 0.1) is 0 Å². The molecule has 0 aliphatic rings. The lowest BCUT2D eigenvalue weighted by Crippen LogP contribution is -1.98. The number of nitrogens with zero attached hydrogens (tertiary/aromatic N) is 1. The zero-order valence-corrected chi connectivity index (χ0v) is 9.11. The molecule has 1 aromatic heterocycles. The number of rotatable bonds is 3. The highest BCUT2D eigenvalue weighted by Gasteiger charge is 2.00. The first-order chi connectivity index (χ1) is 7.29. The third-order valence-electron chi connectivity index (χ3n) is 2.36. The fraction of sp³-hybridized carbons (Fsp3) is 0.167. The van der Waals surface area contributed by atoms with Crippen LogP contribution < -0.4 is 5.73 Å². The van der Waals surface area contributed by atoms with Crippen molar-refractivity contribution in [2.75, 3.05) is 0 Å². The Morgan fingerprint density at radius 3 is 2.67 bits per heavy atom. The van der Waals surface area contributed by atoms with Gasteiger partial charge in [-0.15, -0.1) is 0 Å². The highest BCUT2D eigenvalue weighted by atomic mass is 35.5. The van der Waals surface area contributed by atoms with Gasteiger partial charge in [-0.25, -0.2) is 0 Å². The van der Waals surface area contributed by atoms with E-state index in [0.29, 0.717) is 6.54 Å². The normalized spacial score (nSPS) is 10.5. The summed E-state index contributed by atoms with van der Waals surface area (Å²) in [4.78, 5) is 0. The van der Waals surface area contributed by atoms with Gasteiger partial charge in [-0.05, 0) is 23.3 Å². The Labute approximate surface area is 94.3 Å². The molecule has 0 bridgehead atoms. The van der Waals surface area contributed by atoms with E-state index < -0.39 is 0 Å². The monoisotopic (exact) mass is 220 g/mol. The number of benzene rings is 1. The van der Waals surface area contributed by atoms with Crippen molar-refractivity contribution in [1.29, 1.82) is 0 Å². The van der Waals surface area contributed by atoms with E-state index in [-0.39, 0.29) is 0 Å². The second-order valence-electron chi connectivity index (χ2n) is 3.49. The third kappa shape index (κ3) is 2.41. The summed E-state index contributed by atoms with van der Waals surface area (Å²) in [5, 5.41) is 0.806. The van der Waals surface area contributed by atoms with Gasteiger partial charge in [0, 0.05) is 30.5 Å². The lowest BCUT2D eigenvalue weighted by Gasteiger charge is -2.04. The molecule has 2 N–H and O–H groups in total. The van der Waals surface area contributed by atoms with Crippen LogP contribution >= 0.6 is 11.6 Å². The maximum absolute atomic E-state index is 6.08. The Balaban J connectivity index is 2.18. The quantitative estimate of drug-likeness (QED) is 0.847. The summed E-state index contributed by atoms with van der Waals surface area (Å²) < 4.78 is 2.09. The second-order valence-corrected chi connectivity index (χ2v) is 3.89. The van der Waals surface area contributed by atoms with Crippen LogP contribution in [0.1, 0.15) is 11.1 Å². The Hall–Kier alpha value is -1.25. The molecule has 15 heavy (non-hydrogen) atoms. The summed E-state index contributed by atoms with van der Waals surface area (Å²) in [5.74, 6) is 0. The molecule has 0 saturated carbocycles. The van der Waals surface area contributed by atoms with Crippen molar-refractivity contribution < 1.29 is 0 Å². The van der Waals surface area contributed by atoms with E-state index in [1.54, 1.807) is 0 Å². The summed E-state index contributed by atoms with van der Waals surface area (Å²) in [6, 6.07) is 9.90. The third-order valence-corrected chi connectivity index (χ3v) is 2.73. The maximum Gasteiger partial charge on any atom is 0.0485 e. The molecule has 0 radical (unpaired) electrons. The van der Waals surface area contributed by atoms with Crippen molar-refractivity contribution in [2.24, 2.45) is 5.73 Å². The van der Waals surface area contributed by atoms with Gasteiger partial charge in [0.1, 0.15) is 0 Å². The van der Waals surface area contributed by atoms with Gasteiger partial charge in [0.05, 0.1) is 0 Å². The molecule has 2 nitrogen and oxygen atoms in total. The number of halogens is 1. The van der Waals surface area contributed by atoms with Crippen LogP contribution in [0.15, 0.2) is 42.7 Å². The molecule has 0 aliphatic heterocycles. The first kappa shape index (κ1) is 10.3. The molecule has 0 aliphatic carbocycles. The van der Waals surface area contributed by atoms with Crippen molar-refractivity contribution >= 4 is 11.6 Å². The highest BCUT2D eigenvalue weighted by Crippen LogP contribution is 2.16. The standard InChI is InChI=1S/C12H13ClN2/c13-12-4-2-1-3-11(12)9-15-6-5-10(7-14)8-15/h1-6,8H,7,9,14H2. The van der Waals surface area contributed by atoms with Crippen molar-refractivity contribution in [3.63, 3.8) is 0 Å². The van der Waals surface area contributed by atoms with Crippen molar-refractivity contribution in [1.82, 2.24) is 4.57 Å². The Kier molecular flexibility index (Phi) is 3.09. The molecule has 1 aromatic carbocycles. The lowest BCUT2D eigenvalue weighted by molar-refractivity contribution is 0.802. The number of hydrogen-bond acceptors (Lipinski definition) is 1. The molecule has 2 aromatic rings. The van der Waals surface area contributed by atoms with Gasteiger partial charge in [0.15, 0.2) is 0 Å². The maximum atomic E-state index is 6.08. The Morgan fingerprint density at radius 2 is 2.00 bits per heavy atom. The van der Waals surface area contributed by atoms with E-state index in [4.69, 9.17) is 17.3 Å². The molecule has 0 amide bonds. The summed E-state index contributed by atoms with van der Waals surface area (Å²) in [7, 11) is 0. The average molecular weight is 221 g/mol. The van der Waals surface area contributed by atoms with Crippen LogP contribution in [0.4, 0.5) is 0 Å². The highest BCUT2D eigenvalue weighted by molar-refractivity contribution is 6.31. The van der Waals surface area contributed by atoms with E-state index in [9.17, 15) is 0 Å². The Morgan fingerprint density at radius 1 is 1.20 bits per heavy atom. The number of aromatic nitrogens is 1. The zero-order chi connectivity index (χ0) is 10.7. The van der Waals surface area contributed by atoms with Crippen molar-refractivity contribution in [3.05, 3.63) is 58.9 Å². The van der Waals surface area contributed by atoms with Gasteiger partial charge in [-0.1, -0.05) is 29.8 Å². The predicted octanol–water partition coefficient (Wildman–Crippen LogP) is 2.65. The minimum absolute atomic E-state index is 0.579. The summed E-state index contributed by atoms with van der Waals surface area (Å²) in [5.41, 5.74) is 7.81. The molecule has 0 unspecified atom stereocenters. The van der Waals surface area contributed by atoms with E-state index in [2.05, 4.69) is 4.57 Å². The molecule has 2 rings (SSSR count). The summed E-state index contributed by atoms with van der Waals surface area (Å²) >= 11 is 6.08. The molecular weight excluding hydrogens is 208 g/mol. The van der Waals surface area contributed by atoms with Crippen molar-refractivity contribution in [2.45, 2.75) is 13.1 Å². The lowest BCUT2D eigenvalue weighted by atomic mass is 10.2. The zero-order valence-electron chi connectivity index (χ0n) is 8.36. The molecule has 78 valence electrons. The van der Waals surface area contributed by atoms with E-state index in [1.807, 2.05) is 42.7 Å². The summed E-state index contributed by atoms with van der Waals surface area (Å²) in [6.45, 7) is 1.37. The predicted molar refractivity (Wildman–Crippen MR) is 62.9 cm³/mol. The number of hydrogen-bond donors (Lipinski definition) is 1. The molecule has 0 fully saturated rings. The fourth-order valence-corrected chi connectivity index (χ4v) is 1.73. The minimum Gasteiger partial charge on any atom is -0.350 e. The minimum atomic E-state index is 0.579. The van der Waals surface area contributed by atoms with Crippen LogP contribution in [-0.2, 0) is 13.1 Å². The fourth-order valence-electron chi connectivity index (χ4n) is 1.53. The van der Waals surface area contributed by atoms with Crippen LogP contribution in [-0.4, -0.2) is 4.57 Å². The first-order valence-electron chi connectivity index (χ1n) is 4.87. The molecular formula is C12H13ClN2. The molecule has 0 saturated heterocycles.